The summed E-state index contributed by atoms with van der Waals surface area (Å²) in [7, 11) is 1.43. The zero-order valence-corrected chi connectivity index (χ0v) is 15.6. The number of methoxy groups -OCH3 is 1. The van der Waals surface area contributed by atoms with E-state index in [0.717, 1.165) is 16.8 Å². The Kier molecular flexibility index (Phi) is 5.33. The molecule has 0 unspecified atom stereocenters. The maximum Gasteiger partial charge on any atom is 0.285 e. The van der Waals surface area contributed by atoms with Gasteiger partial charge >= 0.3 is 0 Å². The third-order valence-electron chi connectivity index (χ3n) is 3.64. The van der Waals surface area contributed by atoms with E-state index in [9.17, 15) is 19.8 Å². The van der Waals surface area contributed by atoms with E-state index in [4.69, 9.17) is 17.0 Å². The average molecular weight is 402 g/mol. The molecule has 1 fully saturated rings. The van der Waals surface area contributed by atoms with Crippen LogP contribution in [-0.2, 0) is 4.79 Å². The second-order valence-corrected chi connectivity index (χ2v) is 7.11. The van der Waals surface area contributed by atoms with Gasteiger partial charge < -0.3 is 14.9 Å². The summed E-state index contributed by atoms with van der Waals surface area (Å²) in [4.78, 5) is 25.2. The standard InChI is InChI=1S/C18H14N2O5S2/c1-25-14-8-10(2-7-13(14)22)9-15-17(24)20(18(26)27-15)19-16(23)11-3-5-12(21)6-4-11/h2-9,21-22H,1H3,(H,19,23)/b15-9+. The molecule has 0 spiro atoms. The van der Waals surface area contributed by atoms with Gasteiger partial charge in [-0.05, 0) is 60.3 Å². The number of hydrogen-bond acceptors (Lipinski definition) is 7. The lowest BCUT2D eigenvalue weighted by molar-refractivity contribution is -0.123. The SMILES string of the molecule is COc1cc(/C=C2/SC(=S)N(NC(=O)c3ccc(O)cc3)C2=O)ccc1O. The van der Waals surface area contributed by atoms with E-state index in [0.29, 0.717) is 10.5 Å². The number of phenolic OH excluding ortho intramolecular Hbond substituents is 2. The summed E-state index contributed by atoms with van der Waals surface area (Å²) < 4.78 is 5.23. The maximum absolute atomic E-state index is 12.6. The highest BCUT2D eigenvalue weighted by Gasteiger charge is 2.33. The maximum atomic E-state index is 12.6. The molecule has 0 aromatic heterocycles. The first-order valence-corrected chi connectivity index (χ1v) is 8.86. The lowest BCUT2D eigenvalue weighted by atomic mass is 10.2. The summed E-state index contributed by atoms with van der Waals surface area (Å²) in [6, 6.07) is 10.3. The molecule has 1 heterocycles. The fourth-order valence-corrected chi connectivity index (χ4v) is 3.46. The lowest BCUT2D eigenvalue weighted by Gasteiger charge is -2.15. The van der Waals surface area contributed by atoms with Gasteiger partial charge in [0, 0.05) is 5.56 Å². The Balaban J connectivity index is 1.78. The van der Waals surface area contributed by atoms with Crippen LogP contribution < -0.4 is 10.2 Å². The van der Waals surface area contributed by atoms with Crippen molar-refractivity contribution >= 4 is 46.2 Å². The molecule has 0 aliphatic carbocycles. The highest BCUT2D eigenvalue weighted by Crippen LogP contribution is 2.33. The number of nitrogens with zero attached hydrogens (tertiary/aromatic N) is 1. The molecule has 9 heteroatoms. The Morgan fingerprint density at radius 2 is 1.93 bits per heavy atom. The van der Waals surface area contributed by atoms with Crippen LogP contribution in [-0.4, -0.2) is 38.5 Å². The number of thiocarbonyl (C=S) groups is 1. The third kappa shape index (κ3) is 4.04. The van der Waals surface area contributed by atoms with Crippen molar-refractivity contribution in [2.24, 2.45) is 0 Å². The van der Waals surface area contributed by atoms with Crippen LogP contribution in [0, 0.1) is 0 Å². The number of carbonyl (C=O) groups is 2. The molecule has 0 bridgehead atoms. The van der Waals surface area contributed by atoms with Crippen molar-refractivity contribution in [2.45, 2.75) is 0 Å². The summed E-state index contributed by atoms with van der Waals surface area (Å²) >= 11 is 6.22. The molecule has 1 aliphatic rings. The van der Waals surface area contributed by atoms with E-state index < -0.39 is 11.8 Å². The van der Waals surface area contributed by atoms with Gasteiger partial charge in [-0.3, -0.25) is 15.0 Å². The molecule has 0 radical (unpaired) electrons. The number of phenols is 2. The van der Waals surface area contributed by atoms with Crippen LogP contribution in [0.4, 0.5) is 0 Å². The van der Waals surface area contributed by atoms with E-state index in [2.05, 4.69) is 5.43 Å². The largest absolute Gasteiger partial charge is 0.508 e. The fourth-order valence-electron chi connectivity index (χ4n) is 2.28. The molecule has 2 amide bonds. The van der Waals surface area contributed by atoms with Crippen molar-refractivity contribution in [3.05, 3.63) is 58.5 Å². The van der Waals surface area contributed by atoms with Gasteiger partial charge in [0.1, 0.15) is 5.75 Å². The Hall–Kier alpha value is -3.04. The highest BCUT2D eigenvalue weighted by atomic mass is 32.2. The molecule has 27 heavy (non-hydrogen) atoms. The molecule has 138 valence electrons. The molecule has 0 saturated carbocycles. The van der Waals surface area contributed by atoms with Crippen molar-refractivity contribution in [3.8, 4) is 17.2 Å². The van der Waals surface area contributed by atoms with Crippen LogP contribution in [0.3, 0.4) is 0 Å². The molecule has 1 saturated heterocycles. The molecule has 0 atom stereocenters. The molecular formula is C18H14N2O5S2. The Morgan fingerprint density at radius 1 is 1.22 bits per heavy atom. The summed E-state index contributed by atoms with van der Waals surface area (Å²) in [5, 5.41) is 19.9. The predicted molar refractivity (Wildman–Crippen MR) is 105 cm³/mol. The summed E-state index contributed by atoms with van der Waals surface area (Å²) in [6.07, 6.45) is 1.59. The predicted octanol–water partition coefficient (Wildman–Crippen LogP) is 2.65. The Morgan fingerprint density at radius 3 is 2.59 bits per heavy atom. The molecule has 7 nitrogen and oxygen atoms in total. The van der Waals surface area contributed by atoms with Crippen molar-refractivity contribution in [2.75, 3.05) is 7.11 Å². The quantitative estimate of drug-likeness (QED) is 0.534. The zero-order valence-electron chi connectivity index (χ0n) is 14.0. The highest BCUT2D eigenvalue weighted by molar-refractivity contribution is 8.26. The monoisotopic (exact) mass is 402 g/mol. The topological polar surface area (TPSA) is 99.1 Å². The molecule has 2 aromatic rings. The Bertz CT molecular complexity index is 957. The number of hydrazine groups is 1. The number of thioether (sulfide) groups is 1. The number of benzene rings is 2. The van der Waals surface area contributed by atoms with Gasteiger partial charge in [0.15, 0.2) is 15.8 Å². The first-order chi connectivity index (χ1) is 12.9. The Labute approximate surface area is 164 Å². The van der Waals surface area contributed by atoms with Crippen molar-refractivity contribution in [1.29, 1.82) is 0 Å². The number of carbonyl (C=O) groups excluding carboxylic acids is 2. The van der Waals surface area contributed by atoms with Gasteiger partial charge in [-0.1, -0.05) is 17.8 Å². The molecule has 3 rings (SSSR count). The van der Waals surface area contributed by atoms with Crippen molar-refractivity contribution < 1.29 is 24.5 Å². The number of rotatable bonds is 4. The first-order valence-electron chi connectivity index (χ1n) is 7.64. The number of aromatic hydroxyl groups is 2. The number of ether oxygens (including phenoxy) is 1. The lowest BCUT2D eigenvalue weighted by Crippen LogP contribution is -2.44. The third-order valence-corrected chi connectivity index (χ3v) is 4.94. The summed E-state index contributed by atoms with van der Waals surface area (Å²) in [5.41, 5.74) is 3.36. The van der Waals surface area contributed by atoms with E-state index in [-0.39, 0.29) is 27.1 Å². The van der Waals surface area contributed by atoms with Crippen molar-refractivity contribution in [3.63, 3.8) is 0 Å². The number of hydrogen-bond donors (Lipinski definition) is 3. The van der Waals surface area contributed by atoms with Crippen LogP contribution in [0.5, 0.6) is 17.2 Å². The average Bonchev–Trinajstić information content (AvgIpc) is 2.91. The number of nitrogens with one attached hydrogen (secondary N) is 1. The molecule has 1 aliphatic heterocycles. The van der Waals surface area contributed by atoms with Gasteiger partial charge in [-0.15, -0.1) is 0 Å². The number of amides is 2. The second kappa shape index (κ2) is 7.68. The fraction of sp³-hybridized carbons (Fsp3) is 0.0556. The van der Waals surface area contributed by atoms with Crippen LogP contribution in [0.15, 0.2) is 47.4 Å². The minimum atomic E-state index is -0.529. The second-order valence-electron chi connectivity index (χ2n) is 5.44. The summed E-state index contributed by atoms with van der Waals surface area (Å²) in [5.74, 6) is -0.698. The van der Waals surface area contributed by atoms with Crippen LogP contribution in [0.1, 0.15) is 15.9 Å². The molecular weight excluding hydrogens is 388 g/mol. The smallest absolute Gasteiger partial charge is 0.285 e. The normalized spacial score (nSPS) is 15.3. The van der Waals surface area contributed by atoms with Gasteiger partial charge in [0.05, 0.1) is 12.0 Å². The molecule has 3 N–H and O–H groups in total. The zero-order chi connectivity index (χ0) is 19.6. The summed E-state index contributed by atoms with van der Waals surface area (Å²) in [6.45, 7) is 0. The van der Waals surface area contributed by atoms with E-state index in [1.54, 1.807) is 18.2 Å². The van der Waals surface area contributed by atoms with Gasteiger partial charge in [-0.2, -0.15) is 5.01 Å². The van der Waals surface area contributed by atoms with Crippen LogP contribution in [0.2, 0.25) is 0 Å². The first kappa shape index (κ1) is 18.7. The minimum absolute atomic E-state index is 0.0108. The molecule has 2 aromatic carbocycles. The van der Waals surface area contributed by atoms with Gasteiger partial charge in [0.25, 0.3) is 11.8 Å². The van der Waals surface area contributed by atoms with E-state index in [1.165, 1.54) is 37.4 Å². The van der Waals surface area contributed by atoms with Gasteiger partial charge in [-0.25, -0.2) is 0 Å². The van der Waals surface area contributed by atoms with Crippen LogP contribution >= 0.6 is 24.0 Å². The van der Waals surface area contributed by atoms with E-state index >= 15 is 0 Å². The van der Waals surface area contributed by atoms with Crippen molar-refractivity contribution in [1.82, 2.24) is 10.4 Å². The van der Waals surface area contributed by atoms with Crippen LogP contribution in [0.25, 0.3) is 6.08 Å². The van der Waals surface area contributed by atoms with Gasteiger partial charge in [0.2, 0.25) is 0 Å². The minimum Gasteiger partial charge on any atom is -0.508 e. The van der Waals surface area contributed by atoms with E-state index in [1.807, 2.05) is 0 Å².